The van der Waals surface area contributed by atoms with Crippen LogP contribution in [0.1, 0.15) is 30.0 Å². The van der Waals surface area contributed by atoms with Gasteiger partial charge in [0, 0.05) is 0 Å². The van der Waals surface area contributed by atoms with Crippen molar-refractivity contribution in [3.05, 3.63) is 84.4 Å². The van der Waals surface area contributed by atoms with Crippen molar-refractivity contribution in [3.8, 4) is 0 Å². The van der Waals surface area contributed by atoms with E-state index in [1.165, 1.54) is 4.90 Å². The Bertz CT molecular complexity index is 775. The molecule has 1 aliphatic heterocycles. The summed E-state index contributed by atoms with van der Waals surface area (Å²) in [5.41, 5.74) is 1.80. The van der Waals surface area contributed by atoms with Crippen LogP contribution in [-0.4, -0.2) is 29.6 Å². The molecule has 0 N–H and O–H groups in total. The van der Waals surface area contributed by atoms with Crippen molar-refractivity contribution in [2.45, 2.75) is 31.5 Å². The lowest BCUT2D eigenvalue weighted by molar-refractivity contribution is -0.161. The Morgan fingerprint density at radius 1 is 1.15 bits per heavy atom. The molecule has 1 amide bonds. The van der Waals surface area contributed by atoms with Crippen molar-refractivity contribution in [2.75, 3.05) is 6.61 Å². The predicted octanol–water partition coefficient (Wildman–Crippen LogP) is 4.26. The first-order chi connectivity index (χ1) is 13.2. The Balaban J connectivity index is 1.83. The molecule has 2 atom stereocenters. The molecular weight excluding hydrogens is 342 g/mol. The highest BCUT2D eigenvalue weighted by Gasteiger charge is 2.42. The lowest BCUT2D eigenvalue weighted by Crippen LogP contribution is -2.53. The first kappa shape index (κ1) is 18.7. The van der Waals surface area contributed by atoms with Crippen LogP contribution >= 0.6 is 0 Å². The number of hydrogen-bond acceptors (Lipinski definition) is 4. The number of rotatable bonds is 6. The maximum atomic E-state index is 12.9. The summed E-state index contributed by atoms with van der Waals surface area (Å²) in [6.45, 7) is 3.98. The molecule has 0 saturated carbocycles. The van der Waals surface area contributed by atoms with Crippen molar-refractivity contribution in [1.82, 2.24) is 4.90 Å². The number of carbonyl (C=O) groups is 2. The molecule has 0 radical (unpaired) electrons. The summed E-state index contributed by atoms with van der Waals surface area (Å²) in [7, 11) is 0. The lowest BCUT2D eigenvalue weighted by atomic mass is 10.00. The van der Waals surface area contributed by atoms with Gasteiger partial charge in [0.2, 0.25) is 0 Å². The van der Waals surface area contributed by atoms with Gasteiger partial charge in [0.25, 0.3) is 0 Å². The minimum atomic E-state index is -0.690. The van der Waals surface area contributed by atoms with Gasteiger partial charge in [-0.1, -0.05) is 66.7 Å². The van der Waals surface area contributed by atoms with E-state index in [4.69, 9.17) is 9.47 Å². The largest absolute Gasteiger partial charge is 0.462 e. The molecule has 0 spiro atoms. The first-order valence-electron chi connectivity index (χ1n) is 9.02. The zero-order valence-electron chi connectivity index (χ0n) is 15.1. The van der Waals surface area contributed by atoms with Crippen LogP contribution in [0, 0.1) is 0 Å². The Morgan fingerprint density at radius 3 is 2.48 bits per heavy atom. The minimum absolute atomic E-state index is 0.119. The third-order valence-corrected chi connectivity index (χ3v) is 4.57. The number of carbonyl (C=O) groups excluding carboxylic acids is 2. The van der Waals surface area contributed by atoms with E-state index in [1.54, 1.807) is 6.08 Å². The second-order valence-electron chi connectivity index (χ2n) is 6.39. The number of amides is 1. The highest BCUT2D eigenvalue weighted by atomic mass is 16.6. The number of benzene rings is 2. The second-order valence-corrected chi connectivity index (χ2v) is 6.39. The fourth-order valence-corrected chi connectivity index (χ4v) is 3.18. The van der Waals surface area contributed by atoms with Crippen LogP contribution in [0.3, 0.4) is 0 Å². The Labute approximate surface area is 159 Å². The quantitative estimate of drug-likeness (QED) is 0.567. The predicted molar refractivity (Wildman–Crippen MR) is 102 cm³/mol. The topological polar surface area (TPSA) is 55.8 Å². The number of nitrogens with zero attached hydrogens (tertiary/aromatic N) is 1. The number of cyclic esters (lactones) is 1. The number of ether oxygens (including phenoxy) is 2. The smallest absolute Gasteiger partial charge is 0.411 e. The summed E-state index contributed by atoms with van der Waals surface area (Å²) in [6, 6.07) is 18.0. The highest BCUT2D eigenvalue weighted by Crippen LogP contribution is 2.31. The van der Waals surface area contributed by atoms with Gasteiger partial charge in [-0.25, -0.2) is 9.59 Å². The molecule has 3 rings (SSSR count). The van der Waals surface area contributed by atoms with Gasteiger partial charge >= 0.3 is 12.1 Å². The van der Waals surface area contributed by atoms with E-state index in [0.29, 0.717) is 12.8 Å². The lowest BCUT2D eigenvalue weighted by Gasteiger charge is -2.40. The zero-order valence-corrected chi connectivity index (χ0v) is 15.1. The fraction of sp³-hybridized carbons (Fsp3) is 0.273. The molecule has 2 aromatic carbocycles. The molecule has 5 nitrogen and oxygen atoms in total. The van der Waals surface area contributed by atoms with Crippen molar-refractivity contribution >= 4 is 12.1 Å². The molecule has 1 fully saturated rings. The van der Waals surface area contributed by atoms with Gasteiger partial charge in [-0.15, -0.1) is 6.58 Å². The van der Waals surface area contributed by atoms with E-state index in [2.05, 4.69) is 6.58 Å². The number of hydrogen-bond donors (Lipinski definition) is 0. The maximum Gasteiger partial charge on any atom is 0.411 e. The highest BCUT2D eigenvalue weighted by molar-refractivity contribution is 5.83. The van der Waals surface area contributed by atoms with Crippen molar-refractivity contribution in [1.29, 1.82) is 0 Å². The molecule has 140 valence electrons. The number of morpholine rings is 1. The number of allylic oxidation sites excluding steroid dienone is 1. The molecule has 0 unspecified atom stereocenters. The Hall–Kier alpha value is -3.08. The third-order valence-electron chi connectivity index (χ3n) is 4.57. The van der Waals surface area contributed by atoms with Crippen molar-refractivity contribution < 1.29 is 19.1 Å². The van der Waals surface area contributed by atoms with Gasteiger partial charge in [-0.05, 0) is 24.0 Å². The first-order valence-corrected chi connectivity index (χ1v) is 9.02. The van der Waals surface area contributed by atoms with E-state index >= 15 is 0 Å². The SMILES string of the molecule is C=CCC[C@@H]1C(=O)OC[C@@H](c2ccccc2)N1C(=O)OCc1ccccc1. The van der Waals surface area contributed by atoms with E-state index in [0.717, 1.165) is 11.1 Å². The molecule has 0 aliphatic carbocycles. The van der Waals surface area contributed by atoms with E-state index in [1.807, 2.05) is 60.7 Å². The fourth-order valence-electron chi connectivity index (χ4n) is 3.18. The van der Waals surface area contributed by atoms with Gasteiger partial charge in [-0.3, -0.25) is 4.90 Å². The molecule has 1 aliphatic rings. The van der Waals surface area contributed by atoms with Gasteiger partial charge in [0.1, 0.15) is 19.3 Å². The van der Waals surface area contributed by atoms with Crippen LogP contribution in [0.15, 0.2) is 73.3 Å². The molecule has 27 heavy (non-hydrogen) atoms. The van der Waals surface area contributed by atoms with E-state index in [9.17, 15) is 9.59 Å². The van der Waals surface area contributed by atoms with Crippen LogP contribution in [0.2, 0.25) is 0 Å². The normalized spacial score (nSPS) is 19.3. The summed E-state index contributed by atoms with van der Waals surface area (Å²) in [5.74, 6) is -0.402. The Kier molecular flexibility index (Phi) is 6.26. The van der Waals surface area contributed by atoms with Gasteiger partial charge in [0.15, 0.2) is 0 Å². The molecule has 0 aromatic heterocycles. The summed E-state index contributed by atoms with van der Waals surface area (Å²) in [6.07, 6.45) is 2.27. The van der Waals surface area contributed by atoms with Gasteiger partial charge in [-0.2, -0.15) is 0 Å². The van der Waals surface area contributed by atoms with E-state index < -0.39 is 18.1 Å². The molecule has 2 aromatic rings. The molecule has 0 bridgehead atoms. The summed E-state index contributed by atoms with van der Waals surface area (Å²) in [4.78, 5) is 26.8. The average Bonchev–Trinajstić information content (AvgIpc) is 2.72. The molecule has 1 saturated heterocycles. The summed E-state index contributed by atoms with van der Waals surface area (Å²) in [5, 5.41) is 0. The van der Waals surface area contributed by atoms with E-state index in [-0.39, 0.29) is 19.3 Å². The second kappa shape index (κ2) is 9.03. The Morgan fingerprint density at radius 2 is 1.81 bits per heavy atom. The van der Waals surface area contributed by atoms with Gasteiger partial charge < -0.3 is 9.47 Å². The molecule has 1 heterocycles. The minimum Gasteiger partial charge on any atom is -0.462 e. The number of esters is 1. The average molecular weight is 365 g/mol. The van der Waals surface area contributed by atoms with Crippen LogP contribution in [0.5, 0.6) is 0 Å². The van der Waals surface area contributed by atoms with Crippen molar-refractivity contribution in [2.24, 2.45) is 0 Å². The van der Waals surface area contributed by atoms with Crippen LogP contribution in [-0.2, 0) is 20.9 Å². The third kappa shape index (κ3) is 4.56. The molecular formula is C22H23NO4. The maximum absolute atomic E-state index is 12.9. The van der Waals surface area contributed by atoms with Gasteiger partial charge in [0.05, 0.1) is 6.04 Å². The summed E-state index contributed by atoms with van der Waals surface area (Å²) >= 11 is 0. The molecule has 5 heteroatoms. The van der Waals surface area contributed by atoms with Crippen LogP contribution in [0.25, 0.3) is 0 Å². The standard InChI is InChI=1S/C22H23NO4/c1-2-3-14-19-21(24)26-16-20(18-12-8-5-9-13-18)23(19)22(25)27-15-17-10-6-4-7-11-17/h2,4-13,19-20H,1,3,14-16H2/t19-,20+/m1/s1. The van der Waals surface area contributed by atoms with Crippen LogP contribution in [0.4, 0.5) is 4.79 Å². The zero-order chi connectivity index (χ0) is 19.1. The summed E-state index contributed by atoms with van der Waals surface area (Å²) < 4.78 is 10.9. The monoisotopic (exact) mass is 365 g/mol. The van der Waals surface area contributed by atoms with Crippen LogP contribution < -0.4 is 0 Å². The van der Waals surface area contributed by atoms with Crippen molar-refractivity contribution in [3.63, 3.8) is 0 Å².